The van der Waals surface area contributed by atoms with Crippen LogP contribution in [0.25, 0.3) is 0 Å². The third-order valence-electron chi connectivity index (χ3n) is 3.36. The van der Waals surface area contributed by atoms with Crippen molar-refractivity contribution in [3.8, 4) is 0 Å². The Morgan fingerprint density at radius 3 is 2.25 bits per heavy atom. The Morgan fingerprint density at radius 2 is 1.79 bits per heavy atom. The molecule has 0 aliphatic heterocycles. The maximum atomic E-state index is 12.3. The number of nitrogens with one attached hydrogen (secondary N) is 1. The number of carboxylic acids is 1. The van der Waals surface area contributed by atoms with Crippen molar-refractivity contribution >= 4 is 21.9 Å². The monoisotopic (exact) mass is 356 g/mol. The van der Waals surface area contributed by atoms with E-state index in [1.807, 2.05) is 13.8 Å². The first kappa shape index (κ1) is 20.1. The van der Waals surface area contributed by atoms with Gasteiger partial charge in [-0.1, -0.05) is 13.8 Å². The highest BCUT2D eigenvalue weighted by Crippen LogP contribution is 2.13. The second-order valence-corrected chi connectivity index (χ2v) is 7.57. The molecule has 7 nitrogen and oxygen atoms in total. The van der Waals surface area contributed by atoms with Gasteiger partial charge >= 0.3 is 5.97 Å². The van der Waals surface area contributed by atoms with Gasteiger partial charge in [-0.25, -0.2) is 13.1 Å². The van der Waals surface area contributed by atoms with Crippen LogP contribution in [0.1, 0.15) is 37.6 Å². The van der Waals surface area contributed by atoms with E-state index in [1.54, 1.807) is 6.92 Å². The van der Waals surface area contributed by atoms with Crippen molar-refractivity contribution < 1.29 is 23.1 Å². The number of carboxylic acid groups (broad SMARTS) is 1. The fourth-order valence-electron chi connectivity index (χ4n) is 1.95. The molecule has 1 aromatic rings. The fourth-order valence-corrected chi connectivity index (χ4v) is 3.17. The highest BCUT2D eigenvalue weighted by atomic mass is 32.2. The summed E-state index contributed by atoms with van der Waals surface area (Å²) in [6.45, 7) is 6.39. The SMILES string of the molecule is CCN(CCC(=O)O)C(=O)c1ccc(S(=O)(=O)NCC(C)C)cc1. The van der Waals surface area contributed by atoms with Gasteiger partial charge in [0.25, 0.3) is 5.91 Å². The standard InChI is InChI=1S/C16H24N2O5S/c1-4-18(10-9-15(19)20)16(21)13-5-7-14(8-6-13)24(22,23)17-11-12(2)3/h5-8,12,17H,4,9-11H2,1-3H3,(H,19,20). The third-order valence-corrected chi connectivity index (χ3v) is 4.80. The lowest BCUT2D eigenvalue weighted by atomic mass is 10.2. The summed E-state index contributed by atoms with van der Waals surface area (Å²) in [7, 11) is -3.60. The molecule has 0 aromatic heterocycles. The predicted octanol–water partition coefficient (Wildman–Crippen LogP) is 1.56. The molecule has 0 spiro atoms. The molecule has 2 N–H and O–H groups in total. The molecule has 24 heavy (non-hydrogen) atoms. The van der Waals surface area contributed by atoms with E-state index < -0.39 is 16.0 Å². The Morgan fingerprint density at radius 1 is 1.21 bits per heavy atom. The van der Waals surface area contributed by atoms with Gasteiger partial charge < -0.3 is 10.0 Å². The van der Waals surface area contributed by atoms with Gasteiger partial charge in [0.15, 0.2) is 0 Å². The number of nitrogens with zero attached hydrogens (tertiary/aromatic N) is 1. The molecule has 1 rings (SSSR count). The lowest BCUT2D eigenvalue weighted by molar-refractivity contribution is -0.137. The third kappa shape index (κ3) is 5.93. The molecule has 0 unspecified atom stereocenters. The van der Waals surface area contributed by atoms with Crippen molar-refractivity contribution in [2.24, 2.45) is 5.92 Å². The number of carbonyl (C=O) groups is 2. The summed E-state index contributed by atoms with van der Waals surface area (Å²) in [5.41, 5.74) is 0.324. The van der Waals surface area contributed by atoms with Crippen LogP contribution in [-0.4, -0.2) is 49.9 Å². The maximum absolute atomic E-state index is 12.3. The molecule has 0 atom stereocenters. The zero-order chi connectivity index (χ0) is 18.3. The molecule has 0 saturated carbocycles. The van der Waals surface area contributed by atoms with Gasteiger partial charge in [0.2, 0.25) is 10.0 Å². The molecule has 1 aromatic carbocycles. The van der Waals surface area contributed by atoms with E-state index in [0.717, 1.165) is 0 Å². The van der Waals surface area contributed by atoms with Gasteiger partial charge in [-0.3, -0.25) is 9.59 Å². The van der Waals surface area contributed by atoms with Gasteiger partial charge in [0.05, 0.1) is 11.3 Å². The van der Waals surface area contributed by atoms with Crippen LogP contribution in [-0.2, 0) is 14.8 Å². The van der Waals surface area contributed by atoms with Crippen LogP contribution >= 0.6 is 0 Å². The summed E-state index contributed by atoms with van der Waals surface area (Å²) in [6, 6.07) is 5.63. The van der Waals surface area contributed by atoms with Gasteiger partial charge in [-0.2, -0.15) is 0 Å². The molecule has 0 saturated heterocycles. The van der Waals surface area contributed by atoms with Crippen molar-refractivity contribution in [1.82, 2.24) is 9.62 Å². The Bertz CT molecular complexity index is 668. The zero-order valence-corrected chi connectivity index (χ0v) is 15.0. The summed E-state index contributed by atoms with van der Waals surface area (Å²) < 4.78 is 26.7. The molecule has 0 fully saturated rings. The first-order chi connectivity index (χ1) is 11.2. The van der Waals surface area contributed by atoms with E-state index >= 15 is 0 Å². The highest BCUT2D eigenvalue weighted by molar-refractivity contribution is 7.89. The molecule has 1 amide bonds. The van der Waals surface area contributed by atoms with Crippen LogP contribution in [0.15, 0.2) is 29.2 Å². The Labute approximate surface area is 142 Å². The quantitative estimate of drug-likeness (QED) is 0.699. The number of rotatable bonds is 9. The molecule has 134 valence electrons. The number of sulfonamides is 1. The molecule has 0 heterocycles. The van der Waals surface area contributed by atoms with Gasteiger partial charge in [0.1, 0.15) is 0 Å². The van der Waals surface area contributed by atoms with E-state index in [2.05, 4.69) is 4.72 Å². The maximum Gasteiger partial charge on any atom is 0.305 e. The Hall–Kier alpha value is -1.93. The number of carbonyl (C=O) groups excluding carboxylic acids is 1. The average molecular weight is 356 g/mol. The molecule has 0 aliphatic rings. The van der Waals surface area contributed by atoms with E-state index in [0.29, 0.717) is 18.7 Å². The van der Waals surface area contributed by atoms with E-state index in [1.165, 1.54) is 29.2 Å². The summed E-state index contributed by atoms with van der Waals surface area (Å²) in [6.07, 6.45) is -0.134. The van der Waals surface area contributed by atoms with Crippen LogP contribution in [0.2, 0.25) is 0 Å². The van der Waals surface area contributed by atoms with Gasteiger partial charge in [0, 0.05) is 25.2 Å². The summed E-state index contributed by atoms with van der Waals surface area (Å²) in [4.78, 5) is 24.5. The average Bonchev–Trinajstić information content (AvgIpc) is 2.53. The molecule has 0 aliphatic carbocycles. The second-order valence-electron chi connectivity index (χ2n) is 5.80. The Kier molecular flexibility index (Phi) is 7.37. The zero-order valence-electron chi connectivity index (χ0n) is 14.2. The smallest absolute Gasteiger partial charge is 0.305 e. The number of aliphatic carboxylic acids is 1. The first-order valence-electron chi connectivity index (χ1n) is 7.78. The van der Waals surface area contributed by atoms with Crippen LogP contribution in [0.3, 0.4) is 0 Å². The van der Waals surface area contributed by atoms with E-state index in [-0.39, 0.29) is 29.7 Å². The largest absolute Gasteiger partial charge is 0.481 e. The lowest BCUT2D eigenvalue weighted by Crippen LogP contribution is -2.33. The fraction of sp³-hybridized carbons (Fsp3) is 0.500. The summed E-state index contributed by atoms with van der Waals surface area (Å²) in [5, 5.41) is 8.71. The van der Waals surface area contributed by atoms with Crippen LogP contribution in [0.5, 0.6) is 0 Å². The van der Waals surface area contributed by atoms with Crippen molar-refractivity contribution in [2.45, 2.75) is 32.1 Å². The Balaban J connectivity index is 2.85. The first-order valence-corrected chi connectivity index (χ1v) is 9.26. The summed E-state index contributed by atoms with van der Waals surface area (Å²) >= 11 is 0. The lowest BCUT2D eigenvalue weighted by Gasteiger charge is -2.20. The summed E-state index contributed by atoms with van der Waals surface area (Å²) in [5.74, 6) is -1.11. The van der Waals surface area contributed by atoms with Crippen molar-refractivity contribution in [1.29, 1.82) is 0 Å². The van der Waals surface area contributed by atoms with Gasteiger partial charge in [-0.15, -0.1) is 0 Å². The minimum Gasteiger partial charge on any atom is -0.481 e. The highest BCUT2D eigenvalue weighted by Gasteiger charge is 2.18. The van der Waals surface area contributed by atoms with Crippen LogP contribution < -0.4 is 4.72 Å². The minimum absolute atomic E-state index is 0.0910. The number of hydrogen-bond acceptors (Lipinski definition) is 4. The van der Waals surface area contributed by atoms with Crippen molar-refractivity contribution in [3.63, 3.8) is 0 Å². The number of hydrogen-bond donors (Lipinski definition) is 2. The normalized spacial score (nSPS) is 11.5. The topological polar surface area (TPSA) is 104 Å². The second kappa shape index (κ2) is 8.79. The number of benzene rings is 1. The number of amides is 1. The van der Waals surface area contributed by atoms with Crippen molar-refractivity contribution in [3.05, 3.63) is 29.8 Å². The molecule has 0 bridgehead atoms. The molecule has 8 heteroatoms. The van der Waals surface area contributed by atoms with E-state index in [4.69, 9.17) is 5.11 Å². The van der Waals surface area contributed by atoms with Gasteiger partial charge in [-0.05, 0) is 37.1 Å². The van der Waals surface area contributed by atoms with Crippen LogP contribution in [0, 0.1) is 5.92 Å². The van der Waals surface area contributed by atoms with E-state index in [9.17, 15) is 18.0 Å². The molecular formula is C16H24N2O5S. The minimum atomic E-state index is -3.60. The van der Waals surface area contributed by atoms with Crippen LogP contribution in [0.4, 0.5) is 0 Å². The predicted molar refractivity (Wildman–Crippen MR) is 90.3 cm³/mol. The molecule has 0 radical (unpaired) electrons. The van der Waals surface area contributed by atoms with Crippen molar-refractivity contribution in [2.75, 3.05) is 19.6 Å². The molecular weight excluding hydrogens is 332 g/mol.